The van der Waals surface area contributed by atoms with Crippen molar-refractivity contribution >= 4 is 23.6 Å². The Balaban J connectivity index is 1.78. The Bertz CT molecular complexity index is 611. The van der Waals surface area contributed by atoms with Crippen molar-refractivity contribution in [3.8, 4) is 0 Å². The monoisotopic (exact) mass is 389 g/mol. The van der Waals surface area contributed by atoms with Crippen LogP contribution in [0.15, 0.2) is 29.2 Å². The molecule has 0 N–H and O–H groups in total. The number of hydrogen-bond donors (Lipinski definition) is 0. The summed E-state index contributed by atoms with van der Waals surface area (Å²) in [5.41, 5.74) is 1.10. The van der Waals surface area contributed by atoms with E-state index in [1.165, 1.54) is 11.8 Å². The molecule has 1 aliphatic rings. The van der Waals surface area contributed by atoms with E-state index in [0.29, 0.717) is 19.4 Å². The Morgan fingerprint density at radius 1 is 1.19 bits per heavy atom. The van der Waals surface area contributed by atoms with Gasteiger partial charge in [-0.05, 0) is 49.8 Å². The fraction of sp³-hybridized carbons (Fsp3) is 0.556. The Hall–Kier alpha value is -1.70. The van der Waals surface area contributed by atoms with E-state index >= 15 is 0 Å². The largest absolute Gasteiger partial charge is 0.471 e. The molecular formula is C18H22F3NO3S. The first kappa shape index (κ1) is 20.6. The van der Waals surface area contributed by atoms with Crippen molar-refractivity contribution in [2.75, 3.05) is 25.4 Å². The molecule has 0 unspecified atom stereocenters. The van der Waals surface area contributed by atoms with Crippen molar-refractivity contribution in [3.05, 3.63) is 29.8 Å². The van der Waals surface area contributed by atoms with Crippen LogP contribution in [0.1, 0.15) is 25.3 Å². The fourth-order valence-corrected chi connectivity index (χ4v) is 3.62. The van der Waals surface area contributed by atoms with E-state index < -0.39 is 12.1 Å². The number of alkyl halides is 3. The maximum absolute atomic E-state index is 12.4. The smallest absolute Gasteiger partial charge is 0.465 e. The highest BCUT2D eigenvalue weighted by Gasteiger charge is 2.43. The highest BCUT2D eigenvalue weighted by atomic mass is 32.2. The van der Waals surface area contributed by atoms with E-state index in [1.54, 1.807) is 6.92 Å². The number of ether oxygens (including phenoxy) is 1. The second-order valence-corrected chi connectivity index (χ2v) is 7.22. The highest BCUT2D eigenvalue weighted by Crippen LogP contribution is 2.27. The molecule has 1 aromatic rings. The van der Waals surface area contributed by atoms with Crippen LogP contribution in [-0.4, -0.2) is 48.4 Å². The number of thioether (sulfide) groups is 1. The van der Waals surface area contributed by atoms with E-state index in [1.807, 2.05) is 24.3 Å². The van der Waals surface area contributed by atoms with Crippen LogP contribution in [0.4, 0.5) is 13.2 Å². The van der Waals surface area contributed by atoms with Crippen LogP contribution < -0.4 is 0 Å². The van der Waals surface area contributed by atoms with Gasteiger partial charge in [-0.3, -0.25) is 9.59 Å². The molecule has 0 radical (unpaired) electrons. The van der Waals surface area contributed by atoms with E-state index in [9.17, 15) is 22.8 Å². The predicted molar refractivity (Wildman–Crippen MR) is 92.9 cm³/mol. The third kappa shape index (κ3) is 6.23. The quantitative estimate of drug-likeness (QED) is 0.550. The molecule has 8 heteroatoms. The van der Waals surface area contributed by atoms with Gasteiger partial charge >= 0.3 is 18.1 Å². The van der Waals surface area contributed by atoms with Gasteiger partial charge in [0.25, 0.3) is 0 Å². The maximum Gasteiger partial charge on any atom is 0.471 e. The summed E-state index contributed by atoms with van der Waals surface area (Å²) in [5.74, 6) is -1.45. The number of benzene rings is 1. The minimum atomic E-state index is -4.79. The number of amides is 1. The van der Waals surface area contributed by atoms with Gasteiger partial charge in [-0.1, -0.05) is 12.1 Å². The maximum atomic E-state index is 12.4. The first-order valence-corrected chi connectivity index (χ1v) is 9.51. The lowest BCUT2D eigenvalue weighted by Gasteiger charge is -2.32. The first-order chi connectivity index (χ1) is 12.3. The van der Waals surface area contributed by atoms with Crippen LogP contribution in [0.3, 0.4) is 0 Å². The average molecular weight is 389 g/mol. The molecule has 0 bridgehead atoms. The number of likely N-dealkylation sites (tertiary alicyclic amines) is 1. The van der Waals surface area contributed by atoms with Crippen LogP contribution in [0.2, 0.25) is 0 Å². The van der Waals surface area contributed by atoms with E-state index in [4.69, 9.17) is 4.74 Å². The molecule has 26 heavy (non-hydrogen) atoms. The van der Waals surface area contributed by atoms with Crippen LogP contribution in [0.5, 0.6) is 0 Å². The lowest BCUT2D eigenvalue weighted by atomic mass is 9.90. The minimum Gasteiger partial charge on any atom is -0.465 e. The molecule has 0 aromatic heterocycles. The van der Waals surface area contributed by atoms with Crippen LogP contribution in [0, 0.1) is 5.92 Å². The SMILES string of the molecule is CCOC(=O)CSc1ccc(CC2CCN(C(=O)C(F)(F)F)CC2)cc1. The number of halogens is 3. The molecule has 4 nitrogen and oxygen atoms in total. The average Bonchev–Trinajstić information content (AvgIpc) is 2.61. The van der Waals surface area contributed by atoms with Gasteiger partial charge in [0.2, 0.25) is 0 Å². The molecule has 2 rings (SSSR count). The molecular weight excluding hydrogens is 367 g/mol. The molecule has 1 aromatic carbocycles. The summed E-state index contributed by atoms with van der Waals surface area (Å²) in [5, 5.41) is 0. The zero-order chi connectivity index (χ0) is 19.2. The van der Waals surface area contributed by atoms with Crippen LogP contribution in [-0.2, 0) is 20.7 Å². The molecule has 0 saturated carbocycles. The molecule has 1 saturated heterocycles. The first-order valence-electron chi connectivity index (χ1n) is 8.53. The number of carbonyl (C=O) groups excluding carboxylic acids is 2. The molecule has 0 atom stereocenters. The Morgan fingerprint density at radius 3 is 2.35 bits per heavy atom. The lowest BCUT2D eigenvalue weighted by Crippen LogP contribution is -2.45. The molecule has 1 heterocycles. The van der Waals surface area contributed by atoms with Gasteiger partial charge in [-0.25, -0.2) is 0 Å². The van der Waals surface area contributed by atoms with E-state index in [2.05, 4.69) is 0 Å². The van der Waals surface area contributed by atoms with Gasteiger partial charge < -0.3 is 9.64 Å². The summed E-state index contributed by atoms with van der Waals surface area (Å²) < 4.78 is 42.2. The topological polar surface area (TPSA) is 46.6 Å². The summed E-state index contributed by atoms with van der Waals surface area (Å²) in [6.07, 6.45) is -2.87. The summed E-state index contributed by atoms with van der Waals surface area (Å²) in [6.45, 7) is 2.43. The molecule has 0 spiro atoms. The van der Waals surface area contributed by atoms with Crippen molar-refractivity contribution in [1.29, 1.82) is 0 Å². The van der Waals surface area contributed by atoms with Gasteiger partial charge in [0.15, 0.2) is 0 Å². The number of piperidine rings is 1. The zero-order valence-corrected chi connectivity index (χ0v) is 15.4. The third-order valence-electron chi connectivity index (χ3n) is 4.25. The lowest BCUT2D eigenvalue weighted by molar-refractivity contribution is -0.186. The van der Waals surface area contributed by atoms with Gasteiger partial charge in [-0.15, -0.1) is 11.8 Å². The van der Waals surface area contributed by atoms with Crippen LogP contribution in [0.25, 0.3) is 0 Å². The summed E-state index contributed by atoms with van der Waals surface area (Å²) in [4.78, 5) is 24.4. The number of nitrogens with zero attached hydrogens (tertiary/aromatic N) is 1. The Morgan fingerprint density at radius 2 is 1.81 bits per heavy atom. The van der Waals surface area contributed by atoms with E-state index in [0.717, 1.165) is 21.8 Å². The second-order valence-electron chi connectivity index (χ2n) is 6.18. The summed E-state index contributed by atoms with van der Waals surface area (Å²) in [7, 11) is 0. The molecule has 1 aliphatic heterocycles. The molecule has 1 fully saturated rings. The van der Waals surface area contributed by atoms with Gasteiger partial charge in [0.1, 0.15) is 0 Å². The van der Waals surface area contributed by atoms with Gasteiger partial charge in [-0.2, -0.15) is 13.2 Å². The third-order valence-corrected chi connectivity index (χ3v) is 5.24. The Labute approximate surface area is 155 Å². The number of esters is 1. The van der Waals surface area contributed by atoms with Crippen molar-refractivity contribution in [2.24, 2.45) is 5.92 Å². The van der Waals surface area contributed by atoms with E-state index in [-0.39, 0.29) is 30.7 Å². The van der Waals surface area contributed by atoms with Gasteiger partial charge in [0, 0.05) is 18.0 Å². The number of rotatable bonds is 6. The Kier molecular flexibility index (Phi) is 7.37. The highest BCUT2D eigenvalue weighted by molar-refractivity contribution is 8.00. The van der Waals surface area contributed by atoms with Crippen molar-refractivity contribution in [1.82, 2.24) is 4.90 Å². The normalized spacial score (nSPS) is 15.8. The predicted octanol–water partition coefficient (Wildman–Crippen LogP) is 3.69. The fourth-order valence-electron chi connectivity index (χ4n) is 2.92. The zero-order valence-electron chi connectivity index (χ0n) is 14.6. The van der Waals surface area contributed by atoms with Crippen molar-refractivity contribution < 1.29 is 27.5 Å². The minimum absolute atomic E-state index is 0.149. The standard InChI is InChI=1S/C18H22F3NO3S/c1-2-25-16(23)12-26-15-5-3-13(4-6-15)11-14-7-9-22(10-8-14)17(24)18(19,20)21/h3-6,14H,2,7-12H2,1H3. The van der Waals surface area contributed by atoms with Gasteiger partial charge in [0.05, 0.1) is 12.4 Å². The number of hydrogen-bond acceptors (Lipinski definition) is 4. The van der Waals surface area contributed by atoms with Crippen LogP contribution >= 0.6 is 11.8 Å². The summed E-state index contributed by atoms with van der Waals surface area (Å²) >= 11 is 1.40. The second kappa shape index (κ2) is 9.30. The number of carbonyl (C=O) groups is 2. The molecule has 0 aliphatic carbocycles. The molecule has 1 amide bonds. The van der Waals surface area contributed by atoms with Crippen molar-refractivity contribution in [3.63, 3.8) is 0 Å². The summed E-state index contributed by atoms with van der Waals surface area (Å²) in [6, 6.07) is 7.81. The molecule has 144 valence electrons. The van der Waals surface area contributed by atoms with Crippen molar-refractivity contribution in [2.45, 2.75) is 37.3 Å².